The lowest BCUT2D eigenvalue weighted by atomic mass is 10.1. The molecule has 0 aromatic heterocycles. The molecule has 7 nitrogen and oxygen atoms in total. The topological polar surface area (TPSA) is 84.9 Å². The predicted molar refractivity (Wildman–Crippen MR) is 115 cm³/mol. The van der Waals surface area contributed by atoms with E-state index in [1.54, 1.807) is 48.9 Å². The van der Waals surface area contributed by atoms with E-state index >= 15 is 0 Å². The van der Waals surface area contributed by atoms with E-state index in [2.05, 4.69) is 5.32 Å². The van der Waals surface area contributed by atoms with Crippen molar-refractivity contribution in [2.24, 2.45) is 0 Å². The fourth-order valence-corrected chi connectivity index (χ4v) is 5.12. The van der Waals surface area contributed by atoms with Crippen LogP contribution in [0.1, 0.15) is 47.3 Å². The SMILES string of the molecule is COc1ccc([C@H](C)NC(=O)c2ccc(CS(=O)(=O)N3CCCC3)cc2)cc1OC. The molecule has 3 rings (SSSR count). The van der Waals surface area contributed by atoms with E-state index < -0.39 is 10.0 Å². The van der Waals surface area contributed by atoms with E-state index in [0.29, 0.717) is 35.7 Å². The first kappa shape index (κ1) is 22.1. The summed E-state index contributed by atoms with van der Waals surface area (Å²) in [5, 5.41) is 2.95. The summed E-state index contributed by atoms with van der Waals surface area (Å²) in [7, 11) is -0.165. The number of benzene rings is 2. The Morgan fingerprint density at radius 3 is 2.27 bits per heavy atom. The number of sulfonamides is 1. The molecule has 2 aromatic carbocycles. The highest BCUT2D eigenvalue weighted by atomic mass is 32.2. The zero-order valence-electron chi connectivity index (χ0n) is 17.6. The van der Waals surface area contributed by atoms with Crippen LogP contribution in [0.25, 0.3) is 0 Å². The lowest BCUT2D eigenvalue weighted by Gasteiger charge is -2.17. The summed E-state index contributed by atoms with van der Waals surface area (Å²) in [6, 6.07) is 12.0. The minimum absolute atomic E-state index is 0.0447. The van der Waals surface area contributed by atoms with Crippen molar-refractivity contribution < 1.29 is 22.7 Å². The van der Waals surface area contributed by atoms with Crippen LogP contribution in [0.3, 0.4) is 0 Å². The maximum atomic E-state index is 12.6. The van der Waals surface area contributed by atoms with Gasteiger partial charge in [-0.2, -0.15) is 0 Å². The molecule has 162 valence electrons. The molecule has 0 bridgehead atoms. The van der Waals surface area contributed by atoms with Gasteiger partial charge in [-0.3, -0.25) is 4.79 Å². The van der Waals surface area contributed by atoms with Gasteiger partial charge in [0.15, 0.2) is 11.5 Å². The zero-order valence-corrected chi connectivity index (χ0v) is 18.4. The summed E-state index contributed by atoms with van der Waals surface area (Å²) >= 11 is 0. The highest BCUT2D eigenvalue weighted by Crippen LogP contribution is 2.30. The Hall–Kier alpha value is -2.58. The number of rotatable bonds is 8. The summed E-state index contributed by atoms with van der Waals surface area (Å²) in [6.45, 7) is 3.07. The molecule has 1 aliphatic rings. The Morgan fingerprint density at radius 1 is 1.03 bits per heavy atom. The number of carbonyl (C=O) groups is 1. The molecule has 0 unspecified atom stereocenters. The summed E-state index contributed by atoms with van der Waals surface area (Å²) < 4.78 is 37.0. The van der Waals surface area contributed by atoms with Crippen molar-refractivity contribution in [1.29, 1.82) is 0 Å². The first-order valence-electron chi connectivity index (χ1n) is 9.93. The largest absolute Gasteiger partial charge is 0.493 e. The van der Waals surface area contributed by atoms with Gasteiger partial charge in [0.2, 0.25) is 10.0 Å². The Kier molecular flexibility index (Phi) is 6.99. The fourth-order valence-electron chi connectivity index (χ4n) is 3.51. The van der Waals surface area contributed by atoms with E-state index in [0.717, 1.165) is 18.4 Å². The molecule has 1 amide bonds. The van der Waals surface area contributed by atoms with Crippen LogP contribution in [0.4, 0.5) is 0 Å². The van der Waals surface area contributed by atoms with Crippen molar-refractivity contribution >= 4 is 15.9 Å². The van der Waals surface area contributed by atoms with Crippen molar-refractivity contribution in [3.05, 3.63) is 59.2 Å². The third kappa shape index (κ3) is 5.12. The molecule has 1 saturated heterocycles. The molecule has 0 radical (unpaired) electrons. The van der Waals surface area contributed by atoms with Crippen LogP contribution in [-0.4, -0.2) is 45.9 Å². The third-order valence-corrected chi connectivity index (χ3v) is 7.13. The van der Waals surface area contributed by atoms with Crippen molar-refractivity contribution in [2.75, 3.05) is 27.3 Å². The van der Waals surface area contributed by atoms with E-state index in [9.17, 15) is 13.2 Å². The van der Waals surface area contributed by atoms with Gasteiger partial charge in [0.1, 0.15) is 0 Å². The summed E-state index contributed by atoms with van der Waals surface area (Å²) in [5.41, 5.74) is 2.03. The third-order valence-electron chi connectivity index (χ3n) is 5.28. The molecule has 1 N–H and O–H groups in total. The van der Waals surface area contributed by atoms with E-state index in [1.807, 2.05) is 19.1 Å². The van der Waals surface area contributed by atoms with Gasteiger partial charge in [0.25, 0.3) is 5.91 Å². The lowest BCUT2D eigenvalue weighted by molar-refractivity contribution is 0.0940. The second-order valence-corrected chi connectivity index (χ2v) is 9.34. The number of nitrogens with one attached hydrogen (secondary N) is 1. The second kappa shape index (κ2) is 9.49. The van der Waals surface area contributed by atoms with Crippen molar-refractivity contribution in [1.82, 2.24) is 9.62 Å². The van der Waals surface area contributed by atoms with Gasteiger partial charge < -0.3 is 14.8 Å². The highest BCUT2D eigenvalue weighted by molar-refractivity contribution is 7.88. The first-order chi connectivity index (χ1) is 14.3. The first-order valence-corrected chi connectivity index (χ1v) is 11.5. The van der Waals surface area contributed by atoms with Gasteiger partial charge in [-0.1, -0.05) is 18.2 Å². The van der Waals surface area contributed by atoms with Gasteiger partial charge in [-0.15, -0.1) is 0 Å². The van der Waals surface area contributed by atoms with E-state index in [1.165, 1.54) is 0 Å². The quantitative estimate of drug-likeness (QED) is 0.693. The Morgan fingerprint density at radius 2 is 1.67 bits per heavy atom. The zero-order chi connectivity index (χ0) is 21.7. The molecule has 1 atom stereocenters. The van der Waals surface area contributed by atoms with Crippen LogP contribution in [-0.2, 0) is 15.8 Å². The lowest BCUT2D eigenvalue weighted by Crippen LogP contribution is -2.29. The van der Waals surface area contributed by atoms with Crippen LogP contribution in [0, 0.1) is 0 Å². The van der Waals surface area contributed by atoms with Crippen molar-refractivity contribution in [2.45, 2.75) is 31.6 Å². The molecular weight excluding hydrogens is 404 g/mol. The molecule has 0 aliphatic carbocycles. The second-order valence-electron chi connectivity index (χ2n) is 7.37. The summed E-state index contributed by atoms with van der Waals surface area (Å²) in [6.07, 6.45) is 1.83. The number of amides is 1. The van der Waals surface area contributed by atoms with Gasteiger partial charge in [-0.05, 0) is 55.2 Å². The van der Waals surface area contributed by atoms with Gasteiger partial charge in [0.05, 0.1) is 26.0 Å². The molecule has 1 heterocycles. The molecule has 1 aliphatic heterocycles. The molecule has 0 spiro atoms. The molecular formula is C22H28N2O5S. The Labute approximate surface area is 178 Å². The average Bonchev–Trinajstić information content (AvgIpc) is 3.29. The standard InChI is InChI=1S/C22H28N2O5S/c1-16(19-10-11-20(28-2)21(14-19)29-3)23-22(25)18-8-6-17(7-9-18)15-30(26,27)24-12-4-5-13-24/h6-11,14,16H,4-5,12-13,15H2,1-3H3,(H,23,25)/t16-/m0/s1. The normalized spacial score (nSPS) is 15.6. The fraction of sp³-hybridized carbons (Fsp3) is 0.409. The highest BCUT2D eigenvalue weighted by Gasteiger charge is 2.25. The van der Waals surface area contributed by atoms with Crippen molar-refractivity contribution in [3.63, 3.8) is 0 Å². The van der Waals surface area contributed by atoms with Gasteiger partial charge in [-0.25, -0.2) is 12.7 Å². The van der Waals surface area contributed by atoms with E-state index in [4.69, 9.17) is 9.47 Å². The number of hydrogen-bond donors (Lipinski definition) is 1. The molecule has 2 aromatic rings. The number of nitrogens with zero attached hydrogens (tertiary/aromatic N) is 1. The average molecular weight is 433 g/mol. The summed E-state index contributed by atoms with van der Waals surface area (Å²) in [4.78, 5) is 12.6. The van der Waals surface area contributed by atoms with Gasteiger partial charge in [0, 0.05) is 18.7 Å². The number of hydrogen-bond acceptors (Lipinski definition) is 5. The maximum absolute atomic E-state index is 12.6. The molecule has 1 fully saturated rings. The van der Waals surface area contributed by atoms with Crippen LogP contribution in [0.5, 0.6) is 11.5 Å². The van der Waals surface area contributed by atoms with Crippen molar-refractivity contribution in [3.8, 4) is 11.5 Å². The maximum Gasteiger partial charge on any atom is 0.251 e. The van der Waals surface area contributed by atoms with Crippen LogP contribution >= 0.6 is 0 Å². The smallest absolute Gasteiger partial charge is 0.251 e. The predicted octanol–water partition coefficient (Wildman–Crippen LogP) is 3.12. The number of carbonyl (C=O) groups excluding carboxylic acids is 1. The van der Waals surface area contributed by atoms with Gasteiger partial charge >= 0.3 is 0 Å². The van der Waals surface area contributed by atoms with E-state index in [-0.39, 0.29) is 17.7 Å². The molecule has 0 saturated carbocycles. The Balaban J connectivity index is 1.64. The van der Waals surface area contributed by atoms with Crippen LogP contribution < -0.4 is 14.8 Å². The number of ether oxygens (including phenoxy) is 2. The minimum Gasteiger partial charge on any atom is -0.493 e. The van der Waals surface area contributed by atoms with Crippen LogP contribution in [0.15, 0.2) is 42.5 Å². The number of methoxy groups -OCH3 is 2. The molecule has 30 heavy (non-hydrogen) atoms. The minimum atomic E-state index is -3.30. The van der Waals surface area contributed by atoms with Crippen LogP contribution in [0.2, 0.25) is 0 Å². The summed E-state index contributed by atoms with van der Waals surface area (Å²) in [5.74, 6) is 0.946. The molecule has 8 heteroatoms. The monoisotopic (exact) mass is 432 g/mol. The Bertz CT molecular complexity index is 983.